The second-order valence-electron chi connectivity index (χ2n) is 5.75. The highest BCUT2D eigenvalue weighted by atomic mass is 16.4. The highest BCUT2D eigenvalue weighted by molar-refractivity contribution is 5.94. The first kappa shape index (κ1) is 18.4. The summed E-state index contributed by atoms with van der Waals surface area (Å²) >= 11 is 0. The molecule has 0 aliphatic heterocycles. The number of carbonyl (C=O) groups is 2. The van der Waals surface area contributed by atoms with Crippen LogP contribution in [0.2, 0.25) is 0 Å². The van der Waals surface area contributed by atoms with E-state index in [1.54, 1.807) is 6.08 Å². The molecule has 0 fully saturated rings. The minimum Gasteiger partial charge on any atom is -0.478 e. The maximum Gasteiger partial charge on any atom is 0.335 e. The van der Waals surface area contributed by atoms with Crippen molar-refractivity contribution in [1.82, 2.24) is 0 Å². The van der Waals surface area contributed by atoms with E-state index in [9.17, 15) is 9.59 Å². The first-order valence-corrected chi connectivity index (χ1v) is 7.09. The Morgan fingerprint density at radius 3 is 2.15 bits per heavy atom. The van der Waals surface area contributed by atoms with E-state index in [-0.39, 0.29) is 11.1 Å². The molecule has 0 aromatic heterocycles. The fourth-order valence-corrected chi connectivity index (χ4v) is 1.99. The van der Waals surface area contributed by atoms with Crippen molar-refractivity contribution in [2.24, 2.45) is 11.8 Å². The highest BCUT2D eigenvalue weighted by Crippen LogP contribution is 2.18. The molecule has 1 unspecified atom stereocenters. The number of hydrogen-bond acceptors (Lipinski definition) is 2. The quantitative estimate of drug-likeness (QED) is 0.497. The maximum absolute atomic E-state index is 11.1. The van der Waals surface area contributed by atoms with Crippen molar-refractivity contribution in [1.29, 1.82) is 0 Å². The molecule has 0 heterocycles. The van der Waals surface area contributed by atoms with Gasteiger partial charge in [0.2, 0.25) is 0 Å². The number of carboxylic acids is 2. The van der Waals surface area contributed by atoms with E-state index in [1.165, 1.54) is 13.3 Å². The molecule has 0 amide bonds. The molecule has 0 rings (SSSR count). The van der Waals surface area contributed by atoms with Crippen LogP contribution in [0.4, 0.5) is 0 Å². The third-order valence-corrected chi connectivity index (χ3v) is 3.20. The Hall–Kier alpha value is -1.58. The lowest BCUT2D eigenvalue weighted by Gasteiger charge is -2.11. The molecule has 0 saturated carbocycles. The first-order chi connectivity index (χ1) is 9.23. The number of aliphatic carboxylic acids is 2. The predicted octanol–water partition coefficient (Wildman–Crippen LogP) is 3.88. The van der Waals surface area contributed by atoms with Gasteiger partial charge in [-0.25, -0.2) is 9.59 Å². The van der Waals surface area contributed by atoms with Gasteiger partial charge < -0.3 is 10.2 Å². The predicted molar refractivity (Wildman–Crippen MR) is 79.6 cm³/mol. The molecule has 114 valence electrons. The molecular formula is C16H26O4. The van der Waals surface area contributed by atoms with Crippen molar-refractivity contribution in [3.05, 3.63) is 23.3 Å². The Bertz CT molecular complexity index is 391. The fraction of sp³-hybridized carbons (Fsp3) is 0.625. The molecule has 2 N–H and O–H groups in total. The van der Waals surface area contributed by atoms with Gasteiger partial charge in [-0.15, -0.1) is 0 Å². The van der Waals surface area contributed by atoms with Crippen LogP contribution in [0.15, 0.2) is 23.3 Å². The third-order valence-electron chi connectivity index (χ3n) is 3.20. The summed E-state index contributed by atoms with van der Waals surface area (Å²) in [6.45, 7) is 7.98. The molecule has 0 aromatic rings. The van der Waals surface area contributed by atoms with Crippen molar-refractivity contribution in [3.63, 3.8) is 0 Å². The molecule has 0 aliphatic rings. The Morgan fingerprint density at radius 1 is 1.10 bits per heavy atom. The lowest BCUT2D eigenvalue weighted by Crippen LogP contribution is -2.05. The van der Waals surface area contributed by atoms with E-state index >= 15 is 0 Å². The van der Waals surface area contributed by atoms with Crippen LogP contribution in [0.25, 0.3) is 0 Å². The summed E-state index contributed by atoms with van der Waals surface area (Å²) in [6.07, 6.45) is 6.60. The number of carboxylic acid groups (broad SMARTS) is 2. The van der Waals surface area contributed by atoms with E-state index in [0.29, 0.717) is 18.3 Å². The molecule has 0 saturated heterocycles. The fourth-order valence-electron chi connectivity index (χ4n) is 1.99. The van der Waals surface area contributed by atoms with Gasteiger partial charge in [0, 0.05) is 6.08 Å². The monoisotopic (exact) mass is 282 g/mol. The van der Waals surface area contributed by atoms with Crippen molar-refractivity contribution in [2.45, 2.75) is 53.4 Å². The van der Waals surface area contributed by atoms with Gasteiger partial charge in [0.25, 0.3) is 0 Å². The van der Waals surface area contributed by atoms with Gasteiger partial charge in [0.05, 0.1) is 5.57 Å². The second kappa shape index (κ2) is 9.34. The summed E-state index contributed by atoms with van der Waals surface area (Å²) < 4.78 is 0. The molecule has 4 heteroatoms. The third kappa shape index (κ3) is 8.51. The number of hydrogen-bond donors (Lipinski definition) is 2. The standard InChI is InChI=1S/C16H26O4/c1-11(2)6-5-7-12(3)8-9-14(16(19)20)13(4)10-15(17)18/h9-12H,5-8H2,1-4H3,(H,17,18)(H,19,20)/b13-10-,14-9+. The summed E-state index contributed by atoms with van der Waals surface area (Å²) in [5.74, 6) is -1.11. The van der Waals surface area contributed by atoms with Gasteiger partial charge in [-0.1, -0.05) is 46.1 Å². The van der Waals surface area contributed by atoms with Crippen molar-refractivity contribution in [3.8, 4) is 0 Å². The second-order valence-corrected chi connectivity index (χ2v) is 5.75. The first-order valence-electron chi connectivity index (χ1n) is 7.09. The molecule has 4 nitrogen and oxygen atoms in total. The van der Waals surface area contributed by atoms with Gasteiger partial charge in [-0.2, -0.15) is 0 Å². The SMILES string of the molecule is CC(=C/C(=O)O)/C(=C\CC(C)CCCC(C)C)C(=O)O. The molecule has 0 spiro atoms. The highest BCUT2D eigenvalue weighted by Gasteiger charge is 2.11. The topological polar surface area (TPSA) is 74.6 Å². The van der Waals surface area contributed by atoms with Gasteiger partial charge in [-0.3, -0.25) is 0 Å². The summed E-state index contributed by atoms with van der Waals surface area (Å²) in [6, 6.07) is 0. The van der Waals surface area contributed by atoms with Crippen LogP contribution < -0.4 is 0 Å². The van der Waals surface area contributed by atoms with E-state index in [4.69, 9.17) is 10.2 Å². The molecule has 0 aliphatic carbocycles. The van der Waals surface area contributed by atoms with E-state index in [0.717, 1.165) is 18.9 Å². The maximum atomic E-state index is 11.1. The Balaban J connectivity index is 4.56. The Kier molecular flexibility index (Phi) is 8.61. The van der Waals surface area contributed by atoms with Crippen LogP contribution in [0.3, 0.4) is 0 Å². The minimum absolute atomic E-state index is 0.0862. The number of allylic oxidation sites excluding steroid dienone is 1. The van der Waals surface area contributed by atoms with Crippen LogP contribution in [-0.2, 0) is 9.59 Å². The van der Waals surface area contributed by atoms with Crippen LogP contribution >= 0.6 is 0 Å². The zero-order chi connectivity index (χ0) is 15.7. The summed E-state index contributed by atoms with van der Waals surface area (Å²) in [5.41, 5.74) is 0.363. The molecular weight excluding hydrogens is 256 g/mol. The summed E-state index contributed by atoms with van der Waals surface area (Å²) in [7, 11) is 0. The van der Waals surface area contributed by atoms with Crippen LogP contribution in [0.5, 0.6) is 0 Å². The van der Waals surface area contributed by atoms with Gasteiger partial charge in [-0.05, 0) is 30.8 Å². The normalized spacial score (nSPS) is 14.4. The van der Waals surface area contributed by atoms with Crippen LogP contribution in [0.1, 0.15) is 53.4 Å². The van der Waals surface area contributed by atoms with E-state index < -0.39 is 11.9 Å². The molecule has 0 radical (unpaired) electrons. The van der Waals surface area contributed by atoms with Gasteiger partial charge in [0.1, 0.15) is 0 Å². The van der Waals surface area contributed by atoms with E-state index in [2.05, 4.69) is 20.8 Å². The lowest BCUT2D eigenvalue weighted by molar-refractivity contribution is -0.132. The molecule has 1 atom stereocenters. The largest absolute Gasteiger partial charge is 0.478 e. The van der Waals surface area contributed by atoms with Crippen LogP contribution in [0, 0.1) is 11.8 Å². The zero-order valence-corrected chi connectivity index (χ0v) is 12.8. The Labute approximate surface area is 121 Å². The van der Waals surface area contributed by atoms with Gasteiger partial charge in [0.15, 0.2) is 0 Å². The molecule has 20 heavy (non-hydrogen) atoms. The molecule has 0 aromatic carbocycles. The van der Waals surface area contributed by atoms with E-state index in [1.807, 2.05) is 0 Å². The average Bonchev–Trinajstić information content (AvgIpc) is 2.26. The molecule has 0 bridgehead atoms. The number of rotatable bonds is 9. The lowest BCUT2D eigenvalue weighted by atomic mass is 9.95. The summed E-state index contributed by atoms with van der Waals surface area (Å²) in [5, 5.41) is 17.8. The summed E-state index contributed by atoms with van der Waals surface area (Å²) in [4.78, 5) is 21.7. The average molecular weight is 282 g/mol. The van der Waals surface area contributed by atoms with Gasteiger partial charge >= 0.3 is 11.9 Å². The van der Waals surface area contributed by atoms with Crippen molar-refractivity contribution >= 4 is 11.9 Å². The zero-order valence-electron chi connectivity index (χ0n) is 12.8. The van der Waals surface area contributed by atoms with Crippen molar-refractivity contribution < 1.29 is 19.8 Å². The Morgan fingerprint density at radius 2 is 1.70 bits per heavy atom. The minimum atomic E-state index is -1.13. The van der Waals surface area contributed by atoms with Crippen LogP contribution in [-0.4, -0.2) is 22.2 Å². The smallest absolute Gasteiger partial charge is 0.335 e. The van der Waals surface area contributed by atoms with Crippen molar-refractivity contribution in [2.75, 3.05) is 0 Å².